The van der Waals surface area contributed by atoms with Crippen LogP contribution in [0.1, 0.15) is 338 Å². The first-order valence-electron chi connectivity index (χ1n) is 48.9. The lowest BCUT2D eigenvalue weighted by molar-refractivity contribution is -0.132. The van der Waals surface area contributed by atoms with Crippen molar-refractivity contribution in [1.82, 2.24) is 29.9 Å². The minimum Gasteiger partial charge on any atom is -0.445 e. The summed E-state index contributed by atoms with van der Waals surface area (Å²) in [6, 6.07) is 6.04. The van der Waals surface area contributed by atoms with Gasteiger partial charge in [0, 0.05) is 41.5 Å². The summed E-state index contributed by atoms with van der Waals surface area (Å²) in [6.45, 7) is 27.6. The zero-order valence-electron chi connectivity index (χ0n) is 75.4. The van der Waals surface area contributed by atoms with Gasteiger partial charge in [-0.2, -0.15) is 0 Å². The zero-order chi connectivity index (χ0) is 83.8. The summed E-state index contributed by atoms with van der Waals surface area (Å²) >= 11 is 0. The normalized spacial score (nSPS) is 45.7. The van der Waals surface area contributed by atoms with Crippen LogP contribution < -0.4 is 0 Å². The molecule has 4 aromatic heterocycles. The molecule has 16 aliphatic rings. The number of aliphatic hydroxyl groups is 4. The molecule has 16 nitrogen and oxygen atoms in total. The molecule has 0 aromatic carbocycles. The van der Waals surface area contributed by atoms with Gasteiger partial charge in [-0.25, -0.2) is 24.9 Å². The van der Waals surface area contributed by atoms with E-state index in [0.717, 1.165) is 206 Å². The summed E-state index contributed by atoms with van der Waals surface area (Å²) in [4.78, 5) is 79.0. The van der Waals surface area contributed by atoms with Gasteiger partial charge in [0.15, 0.2) is 0 Å². The summed E-state index contributed by atoms with van der Waals surface area (Å²) in [5.41, 5.74) is 2.61. The maximum atomic E-state index is 13.4. The smallest absolute Gasteiger partial charge is 0.202 e. The fourth-order valence-corrected chi connectivity index (χ4v) is 33.8. The predicted octanol–water partition coefficient (Wildman–Crippen LogP) is 20.4. The van der Waals surface area contributed by atoms with Crippen LogP contribution in [0.5, 0.6) is 0 Å². The highest BCUT2D eigenvalue weighted by molar-refractivity contribution is 5.85. The first-order valence-corrected chi connectivity index (χ1v) is 48.9. The van der Waals surface area contributed by atoms with E-state index in [9.17, 15) is 39.6 Å². The van der Waals surface area contributed by atoms with E-state index in [-0.39, 0.29) is 45.3 Å². The Morgan fingerprint density at radius 2 is 0.630 bits per heavy atom. The monoisotopic (exact) mass is 1630 g/mol. The van der Waals surface area contributed by atoms with Crippen molar-refractivity contribution in [2.24, 2.45) is 164 Å². The second kappa shape index (κ2) is 33.1. The number of nitrogens with zero attached hydrogens (tertiary/aromatic N) is 6. The van der Waals surface area contributed by atoms with E-state index in [1.165, 1.54) is 167 Å². The molecule has 0 unspecified atom stereocenters. The Balaban J connectivity index is 0.000000113. The number of hydrogen-bond donors (Lipinski definition) is 4. The molecule has 4 aromatic rings. The summed E-state index contributed by atoms with van der Waals surface area (Å²) in [6.07, 6.45) is 46.6. The fraction of sp³-hybridized carbons (Fsp3) is 0.825. The lowest BCUT2D eigenvalue weighted by Gasteiger charge is -2.56. The van der Waals surface area contributed by atoms with Crippen molar-refractivity contribution in [2.45, 2.75) is 369 Å². The van der Waals surface area contributed by atoms with Crippen molar-refractivity contribution in [1.29, 1.82) is 0 Å². The van der Waals surface area contributed by atoms with Gasteiger partial charge in [0.05, 0.1) is 53.1 Å². The van der Waals surface area contributed by atoms with Crippen molar-refractivity contribution < 1.29 is 48.4 Å². The van der Waals surface area contributed by atoms with Gasteiger partial charge in [0.25, 0.3) is 0 Å². The first kappa shape index (κ1) is 86.2. The van der Waals surface area contributed by atoms with Crippen LogP contribution in [0.4, 0.5) is 0 Å². The number of Topliss-reactive ketones (excluding diaryl/α,β-unsaturated/α-hetero) is 4. The minimum atomic E-state index is -0.447. The number of pyridine rings is 1. The van der Waals surface area contributed by atoms with Crippen LogP contribution in [-0.2, 0) is 44.9 Å². The Bertz CT molecular complexity index is 4140. The van der Waals surface area contributed by atoms with Crippen molar-refractivity contribution in [3.05, 3.63) is 82.8 Å². The van der Waals surface area contributed by atoms with Crippen LogP contribution in [0.15, 0.2) is 39.7 Å². The average molecular weight is 1630 g/mol. The van der Waals surface area contributed by atoms with Gasteiger partial charge in [0.2, 0.25) is 11.8 Å². The summed E-state index contributed by atoms with van der Waals surface area (Å²) < 4.78 is 11.4. The van der Waals surface area contributed by atoms with E-state index >= 15 is 0 Å². The van der Waals surface area contributed by atoms with Gasteiger partial charge in [-0.05, 0) is 446 Å². The molecular formula is C103H152N6O10. The Kier molecular flexibility index (Phi) is 24.0. The Labute approximate surface area is 713 Å². The molecule has 0 bridgehead atoms. The molecule has 654 valence electrons. The van der Waals surface area contributed by atoms with Gasteiger partial charge in [-0.3, -0.25) is 24.2 Å². The van der Waals surface area contributed by atoms with Crippen LogP contribution in [-0.4, -0.2) is 95.9 Å². The van der Waals surface area contributed by atoms with Gasteiger partial charge < -0.3 is 29.3 Å². The molecular weight excluding hydrogens is 1480 g/mol. The van der Waals surface area contributed by atoms with Crippen molar-refractivity contribution >= 4 is 23.1 Å². The van der Waals surface area contributed by atoms with Crippen molar-refractivity contribution in [3.8, 4) is 0 Å². The number of ketones is 4. The standard InChI is InChI=1S/C27H39NO2.2C26H39NO3.C24H35N3O2/c1-17-5-4-6-19(28-17)15-25(29)24-10-9-23-22-8-7-18-16-26(2,30)13-11-20(18)21(22)12-14-27(23,24)3;2*1-15-16(2)30-24(27-15)13-23(28)22-8-7-21-20-6-5-17-14-25(3,29)11-9-18(17)19(20)10-12-26(21,22)4;1-23(29)9-7-16-15(12-23)3-4-18-17(16)8-10-24(2)19(18)5-6-20(24)21(28)11-22-26-13-25-14-27-22/h4-6,18,20-24,30H,7-16H2,1-3H3;2*17-22,29H,5-14H2,1-4H3;13-20,29H,3-12H2,1-2H3/t18-,20+,21-,22-,23+,24-,26-,27+;17-,18+,19-,20-,21+,22-,25-,26+;17-,18-,19+,20+,21-,22+,25+,26-;15-,16+,17-,18-,19+,20-,23-,24+/m1101/s1. The lowest BCUT2D eigenvalue weighted by atomic mass is 9.49. The Morgan fingerprint density at radius 3 is 0.924 bits per heavy atom. The van der Waals surface area contributed by atoms with E-state index in [0.29, 0.717) is 90.1 Å². The predicted molar refractivity (Wildman–Crippen MR) is 460 cm³/mol. The molecule has 16 saturated carbocycles. The number of carbonyl (C=O) groups excluding carboxylic acids is 4. The van der Waals surface area contributed by atoms with E-state index < -0.39 is 22.4 Å². The third kappa shape index (κ3) is 16.7. The highest BCUT2D eigenvalue weighted by Gasteiger charge is 2.64. The second-order valence-corrected chi connectivity index (χ2v) is 46.3. The van der Waals surface area contributed by atoms with Crippen LogP contribution in [0.3, 0.4) is 0 Å². The molecule has 4 N–H and O–H groups in total. The van der Waals surface area contributed by atoms with E-state index in [1.54, 1.807) is 0 Å². The molecule has 4 heterocycles. The highest BCUT2D eigenvalue weighted by atomic mass is 16.4. The quantitative estimate of drug-likeness (QED) is 0.103. The molecule has 20 rings (SSSR count). The average Bonchev–Trinajstić information content (AvgIpc) is 1.64. The molecule has 16 aliphatic carbocycles. The zero-order valence-corrected chi connectivity index (χ0v) is 75.4. The number of aryl methyl sites for hydroxylation is 5. The van der Waals surface area contributed by atoms with E-state index in [1.807, 2.05) is 80.5 Å². The molecule has 32 atom stereocenters. The van der Waals surface area contributed by atoms with Gasteiger partial charge >= 0.3 is 0 Å². The summed E-state index contributed by atoms with van der Waals surface area (Å²) in [7, 11) is 0. The summed E-state index contributed by atoms with van der Waals surface area (Å²) in [5, 5.41) is 42.3. The SMILES string of the molecule is C[C@@]1(O)CC[C@H]2[C@H](CC[C@@H]3[C@@H]2CC[C@]2(C)[C@@H](C(=O)Cc4ncncn4)CC[C@@H]32)C1.Cc1cccc(CC(=O)[C@H]2CC[C@H]3[C@@H]4CC[C@@H]5C[C@](C)(O)CC[C@@H]5[C@H]4CC[C@]23C)n1.Cc1nc(CC(=O)[C@H]2CC[C@H]3[C@@H]4CC[C@@H]5C[C@](C)(O)CC[C@@H]5[C@H]4CC[C@]23C)oc1C.Cc1nc(CC(=O)[C@H]2CC[C@H]3[C@@H]4CC[C@H]5C[C@](C)(O)CC[C@@H]5[C@H]4CC[C@]23C)oc1C. The summed E-state index contributed by atoms with van der Waals surface area (Å²) in [5.74, 6) is 21.0. The fourth-order valence-electron chi connectivity index (χ4n) is 33.8. The largest absolute Gasteiger partial charge is 0.445 e. The topological polar surface area (TPSA) is 253 Å². The molecule has 0 aliphatic heterocycles. The highest BCUT2D eigenvalue weighted by Crippen LogP contribution is 2.70. The molecule has 0 saturated heterocycles. The maximum absolute atomic E-state index is 13.4. The van der Waals surface area contributed by atoms with Gasteiger partial charge in [-0.15, -0.1) is 0 Å². The molecule has 119 heavy (non-hydrogen) atoms. The molecule has 0 amide bonds. The number of aromatic nitrogens is 6. The molecule has 0 spiro atoms. The third-order valence-corrected chi connectivity index (χ3v) is 39.5. The first-order chi connectivity index (χ1) is 56.5. The molecule has 16 heteroatoms. The third-order valence-electron chi connectivity index (χ3n) is 39.5. The lowest BCUT2D eigenvalue weighted by Crippen LogP contribution is -2.51. The molecule has 16 fully saturated rings. The second-order valence-electron chi connectivity index (χ2n) is 46.3. The van der Waals surface area contributed by atoms with Gasteiger partial charge in [-0.1, -0.05) is 33.8 Å². The van der Waals surface area contributed by atoms with Crippen LogP contribution in [0.25, 0.3) is 0 Å². The van der Waals surface area contributed by atoms with Crippen molar-refractivity contribution in [2.75, 3.05) is 0 Å². The van der Waals surface area contributed by atoms with E-state index in [4.69, 9.17) is 8.83 Å². The Morgan fingerprint density at radius 1 is 0.336 bits per heavy atom. The number of carbonyl (C=O) groups is 4. The Hall–Kier alpha value is -4.90. The van der Waals surface area contributed by atoms with Crippen molar-refractivity contribution in [3.63, 3.8) is 0 Å². The van der Waals surface area contributed by atoms with E-state index in [2.05, 4.69) is 57.6 Å². The number of rotatable bonds is 12. The number of hydrogen-bond acceptors (Lipinski definition) is 16. The van der Waals surface area contributed by atoms with Crippen LogP contribution in [0.2, 0.25) is 0 Å². The van der Waals surface area contributed by atoms with Crippen LogP contribution in [0, 0.1) is 198 Å². The minimum absolute atomic E-state index is 0.151. The number of oxazole rings is 2. The number of fused-ring (bicyclic) bond motifs is 20. The van der Waals surface area contributed by atoms with Gasteiger partial charge in [0.1, 0.15) is 53.1 Å². The molecule has 0 radical (unpaired) electrons. The maximum Gasteiger partial charge on any atom is 0.202 e. The van der Waals surface area contributed by atoms with Crippen LogP contribution >= 0.6 is 0 Å².